The molecule has 2 saturated heterocycles. The zero-order valence-electron chi connectivity index (χ0n) is 10.3. The molecule has 2 aliphatic rings. The summed E-state index contributed by atoms with van der Waals surface area (Å²) >= 11 is 0. The van der Waals surface area contributed by atoms with Crippen LogP contribution in [0.2, 0.25) is 0 Å². The molecule has 3 heteroatoms. The van der Waals surface area contributed by atoms with Crippen molar-refractivity contribution in [2.75, 3.05) is 6.61 Å². The second kappa shape index (κ2) is 5.50. The Morgan fingerprint density at radius 2 is 1.93 bits per heavy atom. The van der Waals surface area contributed by atoms with Crippen LogP contribution in [0.25, 0.3) is 0 Å². The summed E-state index contributed by atoms with van der Waals surface area (Å²) < 4.78 is 5.57. The molecular weight excluding hydrogens is 190 g/mol. The predicted molar refractivity (Wildman–Crippen MR) is 60.4 cm³/mol. The number of nitrogens with zero attached hydrogens (tertiary/aromatic N) is 1. The van der Waals surface area contributed by atoms with Crippen LogP contribution < -0.4 is 0 Å². The Labute approximate surface area is 92.8 Å². The maximum Gasteiger partial charge on any atom is 0.227 e. The van der Waals surface area contributed by atoms with Gasteiger partial charge in [-0.25, -0.2) is 0 Å². The van der Waals surface area contributed by atoms with Crippen molar-refractivity contribution in [2.24, 2.45) is 5.92 Å². The van der Waals surface area contributed by atoms with Crippen molar-refractivity contribution in [3.8, 4) is 0 Å². The lowest BCUT2D eigenvalue weighted by molar-refractivity contribution is -0.140. The number of hydrogen-bond acceptors (Lipinski definition) is 2. The van der Waals surface area contributed by atoms with E-state index in [0.717, 1.165) is 19.3 Å². The number of carbonyl (C=O) groups is 1. The van der Waals surface area contributed by atoms with Gasteiger partial charge < -0.3 is 9.64 Å². The van der Waals surface area contributed by atoms with Crippen LogP contribution in [-0.2, 0) is 9.53 Å². The zero-order valence-corrected chi connectivity index (χ0v) is 10.3. The van der Waals surface area contributed by atoms with Gasteiger partial charge in [-0.05, 0) is 26.2 Å². The van der Waals surface area contributed by atoms with E-state index in [1.165, 1.54) is 0 Å². The average molecular weight is 213 g/mol. The van der Waals surface area contributed by atoms with Crippen LogP contribution in [0.4, 0.5) is 0 Å². The fraction of sp³-hybridized carbons (Fsp3) is 0.917. The lowest BCUT2D eigenvalue weighted by Gasteiger charge is -2.25. The molecule has 3 unspecified atom stereocenters. The van der Waals surface area contributed by atoms with Crippen molar-refractivity contribution in [1.82, 2.24) is 4.90 Å². The van der Waals surface area contributed by atoms with Crippen LogP contribution in [-0.4, -0.2) is 29.7 Å². The van der Waals surface area contributed by atoms with E-state index in [1.54, 1.807) is 0 Å². The number of fused-ring (bicyclic) bond motifs is 1. The standard InChI is InChI=1S/C10H17NO2.C2H6/c1-7-4-3-5-9-11(10(7)12)8(2)6-13-9;1-2/h7-9H,3-6H2,1-2H3;1-2H3. The molecule has 0 aromatic heterocycles. The van der Waals surface area contributed by atoms with E-state index in [2.05, 4.69) is 6.92 Å². The van der Waals surface area contributed by atoms with Crippen LogP contribution in [0.5, 0.6) is 0 Å². The van der Waals surface area contributed by atoms with Crippen LogP contribution in [0.3, 0.4) is 0 Å². The highest BCUT2D eigenvalue weighted by atomic mass is 16.5. The lowest BCUT2D eigenvalue weighted by atomic mass is 10.1. The Morgan fingerprint density at radius 1 is 1.27 bits per heavy atom. The van der Waals surface area contributed by atoms with Gasteiger partial charge in [0.15, 0.2) is 0 Å². The molecule has 0 bridgehead atoms. The van der Waals surface area contributed by atoms with Crippen LogP contribution in [0.1, 0.15) is 47.0 Å². The molecule has 2 rings (SSSR count). The van der Waals surface area contributed by atoms with Gasteiger partial charge in [-0.2, -0.15) is 0 Å². The Morgan fingerprint density at radius 3 is 2.60 bits per heavy atom. The van der Waals surface area contributed by atoms with Crippen LogP contribution in [0, 0.1) is 5.92 Å². The summed E-state index contributed by atoms with van der Waals surface area (Å²) in [7, 11) is 0. The van der Waals surface area contributed by atoms with Crippen LogP contribution >= 0.6 is 0 Å². The largest absolute Gasteiger partial charge is 0.356 e. The summed E-state index contributed by atoms with van der Waals surface area (Å²) in [4.78, 5) is 13.8. The zero-order chi connectivity index (χ0) is 11.4. The number of hydrogen-bond donors (Lipinski definition) is 0. The topological polar surface area (TPSA) is 29.5 Å². The van der Waals surface area contributed by atoms with Gasteiger partial charge in [0.1, 0.15) is 6.23 Å². The lowest BCUT2D eigenvalue weighted by Crippen LogP contribution is -2.41. The second-order valence-electron chi connectivity index (χ2n) is 4.21. The third-order valence-electron chi connectivity index (χ3n) is 3.08. The molecule has 0 aromatic carbocycles. The Bertz CT molecular complexity index is 218. The normalized spacial score (nSPS) is 35.3. The molecule has 0 radical (unpaired) electrons. The highest BCUT2D eigenvalue weighted by Gasteiger charge is 2.38. The predicted octanol–water partition coefficient (Wildman–Crippen LogP) is 2.41. The molecule has 2 heterocycles. The minimum Gasteiger partial charge on any atom is -0.356 e. The molecule has 0 spiro atoms. The first-order valence-electron chi connectivity index (χ1n) is 6.14. The van der Waals surface area contributed by atoms with Gasteiger partial charge in [0.25, 0.3) is 0 Å². The van der Waals surface area contributed by atoms with E-state index in [4.69, 9.17) is 4.74 Å². The number of ether oxygens (including phenoxy) is 1. The maximum absolute atomic E-state index is 11.9. The molecule has 2 aliphatic heterocycles. The molecule has 1 amide bonds. The summed E-state index contributed by atoms with van der Waals surface area (Å²) in [5.74, 6) is 0.474. The van der Waals surface area contributed by atoms with Gasteiger partial charge in [-0.15, -0.1) is 0 Å². The second-order valence-corrected chi connectivity index (χ2v) is 4.21. The molecule has 3 nitrogen and oxygen atoms in total. The minimum absolute atomic E-state index is 0.0763. The Balaban J connectivity index is 0.000000531. The van der Waals surface area contributed by atoms with Crippen molar-refractivity contribution in [2.45, 2.75) is 59.2 Å². The summed E-state index contributed by atoms with van der Waals surface area (Å²) in [6.45, 7) is 8.80. The van der Waals surface area contributed by atoms with E-state index < -0.39 is 0 Å². The third kappa shape index (κ3) is 2.51. The quantitative estimate of drug-likeness (QED) is 0.618. The van der Waals surface area contributed by atoms with Gasteiger partial charge in [0.2, 0.25) is 5.91 Å². The molecule has 3 atom stereocenters. The van der Waals surface area contributed by atoms with E-state index in [9.17, 15) is 4.79 Å². The molecule has 2 fully saturated rings. The van der Waals surface area contributed by atoms with Gasteiger partial charge in [0, 0.05) is 5.92 Å². The van der Waals surface area contributed by atoms with Crippen molar-refractivity contribution >= 4 is 5.91 Å². The third-order valence-corrected chi connectivity index (χ3v) is 3.08. The van der Waals surface area contributed by atoms with Crippen molar-refractivity contribution in [1.29, 1.82) is 0 Å². The van der Waals surface area contributed by atoms with E-state index in [0.29, 0.717) is 6.61 Å². The molecule has 0 N–H and O–H groups in total. The molecule has 0 aromatic rings. The first-order valence-corrected chi connectivity index (χ1v) is 6.14. The van der Waals surface area contributed by atoms with Crippen molar-refractivity contribution in [3.05, 3.63) is 0 Å². The van der Waals surface area contributed by atoms with Gasteiger partial charge >= 0.3 is 0 Å². The summed E-state index contributed by atoms with van der Waals surface area (Å²) in [6.07, 6.45) is 3.22. The van der Waals surface area contributed by atoms with Gasteiger partial charge in [-0.1, -0.05) is 20.8 Å². The monoisotopic (exact) mass is 213 g/mol. The maximum atomic E-state index is 11.9. The highest BCUT2D eigenvalue weighted by molar-refractivity contribution is 5.79. The molecular formula is C12H23NO2. The molecule has 88 valence electrons. The fourth-order valence-electron chi connectivity index (χ4n) is 2.25. The first kappa shape index (κ1) is 12.5. The highest BCUT2D eigenvalue weighted by Crippen LogP contribution is 2.28. The molecule has 15 heavy (non-hydrogen) atoms. The average Bonchev–Trinajstić information content (AvgIpc) is 2.54. The van der Waals surface area contributed by atoms with Gasteiger partial charge in [0.05, 0.1) is 12.6 Å². The number of carbonyl (C=O) groups excluding carboxylic acids is 1. The number of rotatable bonds is 0. The van der Waals surface area contributed by atoms with E-state index in [-0.39, 0.29) is 24.1 Å². The van der Waals surface area contributed by atoms with E-state index in [1.807, 2.05) is 25.7 Å². The summed E-state index contributed by atoms with van der Waals surface area (Å²) in [6, 6.07) is 0.276. The number of amides is 1. The minimum atomic E-state index is 0.0763. The Kier molecular flexibility index (Phi) is 4.58. The smallest absolute Gasteiger partial charge is 0.227 e. The van der Waals surface area contributed by atoms with Crippen molar-refractivity contribution < 1.29 is 9.53 Å². The van der Waals surface area contributed by atoms with E-state index >= 15 is 0 Å². The molecule has 0 saturated carbocycles. The van der Waals surface area contributed by atoms with Crippen LogP contribution in [0.15, 0.2) is 0 Å². The Hall–Kier alpha value is -0.570. The summed E-state index contributed by atoms with van der Waals surface area (Å²) in [5.41, 5.74) is 0. The fourth-order valence-corrected chi connectivity index (χ4v) is 2.25. The van der Waals surface area contributed by atoms with Gasteiger partial charge in [-0.3, -0.25) is 4.79 Å². The SMILES string of the molecule is CC.CC1CCCC2OCC(C)N2C1=O. The first-order chi connectivity index (χ1) is 7.20. The van der Waals surface area contributed by atoms with Crippen molar-refractivity contribution in [3.63, 3.8) is 0 Å². The summed E-state index contributed by atoms with van der Waals surface area (Å²) in [5, 5.41) is 0. The molecule has 0 aliphatic carbocycles.